The number of fused-ring (bicyclic) bond motifs is 9. The van der Waals surface area contributed by atoms with E-state index in [1.165, 1.54) is 21.9 Å². The molecule has 14 aromatic rings. The molecule has 0 aliphatic rings. The topological polar surface area (TPSA) is 69.9 Å². The largest absolute Gasteiger partial charge is 0.456 e. The van der Waals surface area contributed by atoms with E-state index in [0.29, 0.717) is 17.5 Å². The van der Waals surface area contributed by atoms with Crippen LogP contribution in [0.3, 0.4) is 0 Å². The van der Waals surface area contributed by atoms with Crippen LogP contribution >= 0.6 is 0 Å². The van der Waals surface area contributed by atoms with Crippen molar-refractivity contribution in [3.63, 3.8) is 0 Å². The number of aromatic nitrogens is 4. The highest BCUT2D eigenvalue weighted by atomic mass is 16.3. The van der Waals surface area contributed by atoms with E-state index in [9.17, 15) is 0 Å². The summed E-state index contributed by atoms with van der Waals surface area (Å²) in [5, 5.41) is 6.34. The lowest BCUT2D eigenvalue weighted by Gasteiger charge is -2.12. The van der Waals surface area contributed by atoms with E-state index in [-0.39, 0.29) is 0 Å². The third-order valence-corrected chi connectivity index (χ3v) is 13.5. The Morgan fingerprint density at radius 2 is 0.826 bits per heavy atom. The first-order valence-electron chi connectivity index (χ1n) is 23.2. The van der Waals surface area contributed by atoms with Gasteiger partial charge in [-0.3, -0.25) is 0 Å². The zero-order valence-electron chi connectivity index (χ0n) is 37.0. The van der Waals surface area contributed by atoms with Crippen molar-refractivity contribution in [2.24, 2.45) is 0 Å². The molecule has 0 bridgehead atoms. The summed E-state index contributed by atoms with van der Waals surface area (Å²) in [6.45, 7) is 0. The summed E-state index contributed by atoms with van der Waals surface area (Å²) in [4.78, 5) is 15.7. The smallest absolute Gasteiger partial charge is 0.164 e. The van der Waals surface area contributed by atoms with Crippen molar-refractivity contribution in [3.05, 3.63) is 231 Å². The Balaban J connectivity index is 0.976. The Labute approximate surface area is 396 Å². The summed E-state index contributed by atoms with van der Waals surface area (Å²) in [7, 11) is 0. The van der Waals surface area contributed by atoms with Gasteiger partial charge in [-0.05, 0) is 81.9 Å². The Morgan fingerprint density at radius 1 is 0.290 bits per heavy atom. The standard InChI is InChI=1S/C63H38N4O2/c1-4-16-39(17-5-1)41-30-32-43(33-31-41)62-64-61(42-20-8-3-9-21-42)65-63(66-62)51-37-45(38-57-59(51)48-23-11-13-28-55(48)68-57)46-24-15-29-56-58(46)49-25-14-27-54(60(49)69-56)67-52-26-12-10-22-47(52)50-36-44(34-35-53(50)67)40-18-6-2-7-19-40/h1-38H. The zero-order valence-corrected chi connectivity index (χ0v) is 37.0. The van der Waals surface area contributed by atoms with Crippen LogP contribution in [-0.2, 0) is 0 Å². The average Bonchev–Trinajstić information content (AvgIpc) is 4.11. The fourth-order valence-corrected chi connectivity index (χ4v) is 10.3. The Bertz CT molecular complexity index is 4290. The molecule has 0 aliphatic carbocycles. The van der Waals surface area contributed by atoms with Crippen LogP contribution in [0.1, 0.15) is 0 Å². The third kappa shape index (κ3) is 6.38. The monoisotopic (exact) mass is 882 g/mol. The summed E-state index contributed by atoms with van der Waals surface area (Å²) in [6.07, 6.45) is 0. The summed E-state index contributed by atoms with van der Waals surface area (Å²) >= 11 is 0. The highest BCUT2D eigenvalue weighted by molar-refractivity contribution is 6.18. The molecule has 0 saturated carbocycles. The van der Waals surface area contributed by atoms with Gasteiger partial charge in [-0.2, -0.15) is 0 Å². The minimum absolute atomic E-state index is 0.553. The van der Waals surface area contributed by atoms with Crippen molar-refractivity contribution in [3.8, 4) is 73.2 Å². The number of hydrogen-bond donors (Lipinski definition) is 0. The number of furan rings is 2. The molecule has 4 aromatic heterocycles. The van der Waals surface area contributed by atoms with Gasteiger partial charge >= 0.3 is 0 Å². The maximum atomic E-state index is 7.00. The summed E-state index contributed by atoms with van der Waals surface area (Å²) in [5.74, 6) is 1.73. The maximum absolute atomic E-state index is 7.00. The van der Waals surface area contributed by atoms with E-state index in [0.717, 1.165) is 99.5 Å². The van der Waals surface area contributed by atoms with Crippen LogP contribution in [0.5, 0.6) is 0 Å². The van der Waals surface area contributed by atoms with E-state index < -0.39 is 0 Å². The number of rotatable bonds is 7. The predicted octanol–water partition coefficient (Wildman–Crippen LogP) is 16.8. The van der Waals surface area contributed by atoms with Crippen molar-refractivity contribution in [2.45, 2.75) is 0 Å². The zero-order chi connectivity index (χ0) is 45.4. The Hall–Kier alpha value is -9.39. The molecule has 322 valence electrons. The highest BCUT2D eigenvalue weighted by Crippen LogP contribution is 2.45. The van der Waals surface area contributed by atoms with Gasteiger partial charge in [-0.25, -0.2) is 15.0 Å². The van der Waals surface area contributed by atoms with Gasteiger partial charge in [-0.15, -0.1) is 0 Å². The van der Waals surface area contributed by atoms with Crippen molar-refractivity contribution in [2.75, 3.05) is 0 Å². The van der Waals surface area contributed by atoms with Gasteiger partial charge in [0, 0.05) is 49.0 Å². The Kier molecular flexibility index (Phi) is 8.79. The fraction of sp³-hybridized carbons (Fsp3) is 0. The van der Waals surface area contributed by atoms with Crippen molar-refractivity contribution in [1.29, 1.82) is 0 Å². The van der Waals surface area contributed by atoms with Crippen LogP contribution in [0.2, 0.25) is 0 Å². The number of nitrogens with zero attached hydrogens (tertiary/aromatic N) is 4. The second-order valence-corrected chi connectivity index (χ2v) is 17.5. The molecule has 0 radical (unpaired) electrons. The maximum Gasteiger partial charge on any atom is 0.164 e. The normalized spacial score (nSPS) is 11.8. The van der Waals surface area contributed by atoms with E-state index in [1.807, 2.05) is 54.6 Å². The predicted molar refractivity (Wildman–Crippen MR) is 281 cm³/mol. The molecule has 0 fully saturated rings. The van der Waals surface area contributed by atoms with Crippen LogP contribution < -0.4 is 0 Å². The van der Waals surface area contributed by atoms with Crippen LogP contribution in [-0.4, -0.2) is 19.5 Å². The van der Waals surface area contributed by atoms with Crippen LogP contribution in [0.25, 0.3) is 139 Å². The molecule has 0 aliphatic heterocycles. The fourth-order valence-electron chi connectivity index (χ4n) is 10.3. The molecule has 4 heterocycles. The summed E-state index contributed by atoms with van der Waals surface area (Å²) in [5.41, 5.74) is 15.6. The molecular weight excluding hydrogens is 845 g/mol. The minimum Gasteiger partial charge on any atom is -0.456 e. The van der Waals surface area contributed by atoms with Crippen LogP contribution in [0, 0.1) is 0 Å². The van der Waals surface area contributed by atoms with Gasteiger partial charge in [-0.1, -0.05) is 182 Å². The molecule has 0 amide bonds. The molecule has 0 saturated heterocycles. The van der Waals surface area contributed by atoms with E-state index in [2.05, 4.69) is 180 Å². The van der Waals surface area contributed by atoms with E-state index in [1.54, 1.807) is 0 Å². The first kappa shape index (κ1) is 38.8. The number of benzene rings is 10. The molecular formula is C63H38N4O2. The van der Waals surface area contributed by atoms with Gasteiger partial charge in [0.25, 0.3) is 0 Å². The van der Waals surface area contributed by atoms with Gasteiger partial charge in [0.15, 0.2) is 23.1 Å². The van der Waals surface area contributed by atoms with Crippen molar-refractivity contribution >= 4 is 65.7 Å². The molecule has 10 aromatic carbocycles. The molecule has 69 heavy (non-hydrogen) atoms. The lowest BCUT2D eigenvalue weighted by molar-refractivity contribution is 0.666. The molecule has 0 N–H and O–H groups in total. The molecule has 14 rings (SSSR count). The number of hydrogen-bond acceptors (Lipinski definition) is 5. The molecule has 0 unspecified atom stereocenters. The van der Waals surface area contributed by atoms with Gasteiger partial charge in [0.1, 0.15) is 16.7 Å². The van der Waals surface area contributed by atoms with Gasteiger partial charge in [0.05, 0.1) is 16.7 Å². The minimum atomic E-state index is 0.553. The second-order valence-electron chi connectivity index (χ2n) is 17.5. The van der Waals surface area contributed by atoms with Gasteiger partial charge < -0.3 is 13.4 Å². The lowest BCUT2D eigenvalue weighted by Crippen LogP contribution is -2.00. The van der Waals surface area contributed by atoms with E-state index >= 15 is 0 Å². The van der Waals surface area contributed by atoms with Crippen molar-refractivity contribution < 1.29 is 8.83 Å². The lowest BCUT2D eigenvalue weighted by atomic mass is 9.95. The molecule has 0 atom stereocenters. The third-order valence-electron chi connectivity index (χ3n) is 13.5. The average molecular weight is 883 g/mol. The quantitative estimate of drug-likeness (QED) is 0.159. The van der Waals surface area contributed by atoms with E-state index in [4.69, 9.17) is 23.8 Å². The second kappa shape index (κ2) is 15.6. The molecule has 6 nitrogen and oxygen atoms in total. The van der Waals surface area contributed by atoms with Crippen LogP contribution in [0.4, 0.5) is 0 Å². The number of para-hydroxylation sites is 3. The summed E-state index contributed by atoms with van der Waals surface area (Å²) < 4.78 is 16.1. The molecule has 0 spiro atoms. The van der Waals surface area contributed by atoms with Crippen molar-refractivity contribution in [1.82, 2.24) is 19.5 Å². The van der Waals surface area contributed by atoms with Crippen LogP contribution in [0.15, 0.2) is 239 Å². The highest BCUT2D eigenvalue weighted by Gasteiger charge is 2.23. The summed E-state index contributed by atoms with van der Waals surface area (Å²) in [6, 6.07) is 80.3. The SMILES string of the molecule is c1ccc(-c2ccc(-c3nc(-c4ccccc4)nc(-c4cc(-c5cccc6oc7c(-n8c9ccccc9c9cc(-c%10ccccc%10)ccc98)cccc7c56)cc5oc6ccccc6c45)n3)cc2)cc1. The first-order chi connectivity index (χ1) is 34.2. The first-order valence-corrected chi connectivity index (χ1v) is 23.2. The molecule has 6 heteroatoms. The van der Waals surface area contributed by atoms with Gasteiger partial charge in [0.2, 0.25) is 0 Å². The Morgan fingerprint density at radius 3 is 1.59 bits per heavy atom.